The quantitative estimate of drug-likeness (QED) is 0.409. The van der Waals surface area contributed by atoms with Gasteiger partial charge in [-0.2, -0.15) is 5.10 Å². The highest BCUT2D eigenvalue weighted by Crippen LogP contribution is 2.32. The van der Waals surface area contributed by atoms with E-state index in [1.165, 1.54) is 6.21 Å². The summed E-state index contributed by atoms with van der Waals surface area (Å²) in [5.41, 5.74) is 3.32. The number of fused-ring (bicyclic) bond motifs is 2. The molecule has 3 aromatic carbocycles. The van der Waals surface area contributed by atoms with Crippen LogP contribution in [0.25, 0.3) is 10.8 Å². The molecule has 1 aliphatic heterocycles. The summed E-state index contributed by atoms with van der Waals surface area (Å²) in [6.45, 7) is 3.76. The van der Waals surface area contributed by atoms with Crippen molar-refractivity contribution in [2.75, 3.05) is 6.79 Å². The van der Waals surface area contributed by atoms with E-state index in [1.54, 1.807) is 30.3 Å². The molecule has 1 aliphatic rings. The van der Waals surface area contributed by atoms with Gasteiger partial charge in [0.15, 0.2) is 11.5 Å². The van der Waals surface area contributed by atoms with Crippen molar-refractivity contribution in [2.45, 2.75) is 19.9 Å². The number of aromatic hydroxyl groups is 1. The van der Waals surface area contributed by atoms with Gasteiger partial charge in [0.2, 0.25) is 6.79 Å². The highest BCUT2D eigenvalue weighted by molar-refractivity contribution is 6.03. The second-order valence-electron chi connectivity index (χ2n) is 7.72. The Kier molecular flexibility index (Phi) is 5.93. The van der Waals surface area contributed by atoms with Gasteiger partial charge in [0.05, 0.1) is 6.21 Å². The molecule has 1 atom stereocenters. The summed E-state index contributed by atoms with van der Waals surface area (Å²) in [7, 11) is 0. The van der Waals surface area contributed by atoms with Gasteiger partial charge >= 0.3 is 0 Å². The molecule has 0 radical (unpaired) electrons. The molecule has 164 valence electrons. The lowest BCUT2D eigenvalue weighted by Gasteiger charge is -2.20. The van der Waals surface area contributed by atoms with Crippen molar-refractivity contribution in [1.29, 1.82) is 0 Å². The Bertz CT molecular complexity index is 1210. The van der Waals surface area contributed by atoms with E-state index in [9.17, 15) is 14.7 Å². The minimum Gasteiger partial charge on any atom is -0.507 e. The molecule has 8 nitrogen and oxygen atoms in total. The van der Waals surface area contributed by atoms with E-state index in [-0.39, 0.29) is 18.5 Å². The molecular weight excluding hydrogens is 410 g/mol. The van der Waals surface area contributed by atoms with Crippen LogP contribution in [0, 0.1) is 5.92 Å². The molecule has 32 heavy (non-hydrogen) atoms. The first kappa shape index (κ1) is 21.2. The maximum Gasteiger partial charge on any atom is 0.262 e. The third-order valence-corrected chi connectivity index (χ3v) is 5.19. The largest absolute Gasteiger partial charge is 0.507 e. The van der Waals surface area contributed by atoms with Crippen molar-refractivity contribution in [3.63, 3.8) is 0 Å². The number of rotatable bonds is 6. The minimum atomic E-state index is -0.814. The second-order valence-corrected chi connectivity index (χ2v) is 7.72. The lowest BCUT2D eigenvalue weighted by molar-refractivity contribution is -0.123. The van der Waals surface area contributed by atoms with E-state index >= 15 is 0 Å². The van der Waals surface area contributed by atoms with Crippen LogP contribution in [0.15, 0.2) is 59.7 Å². The average molecular weight is 433 g/mol. The summed E-state index contributed by atoms with van der Waals surface area (Å²) in [6.07, 6.45) is 1.40. The Labute approximate surface area is 184 Å². The van der Waals surface area contributed by atoms with Crippen molar-refractivity contribution in [2.24, 2.45) is 11.0 Å². The zero-order valence-corrected chi connectivity index (χ0v) is 17.7. The molecular formula is C24H23N3O5. The molecule has 1 heterocycles. The third-order valence-electron chi connectivity index (χ3n) is 5.19. The fourth-order valence-electron chi connectivity index (χ4n) is 3.45. The second kappa shape index (κ2) is 8.97. The topological polar surface area (TPSA) is 109 Å². The van der Waals surface area contributed by atoms with Crippen molar-refractivity contribution >= 4 is 28.8 Å². The van der Waals surface area contributed by atoms with E-state index in [0.717, 1.165) is 10.8 Å². The number of hydrazone groups is 1. The summed E-state index contributed by atoms with van der Waals surface area (Å²) in [6, 6.07) is 15.0. The minimum absolute atomic E-state index is 0.0539. The number of benzene rings is 3. The maximum absolute atomic E-state index is 12.7. The lowest BCUT2D eigenvalue weighted by atomic mass is 10.0. The zero-order chi connectivity index (χ0) is 22.7. The van der Waals surface area contributed by atoms with Gasteiger partial charge in [-0.25, -0.2) is 5.43 Å². The normalized spacial score (nSPS) is 13.5. The zero-order valence-electron chi connectivity index (χ0n) is 17.7. The van der Waals surface area contributed by atoms with Crippen molar-refractivity contribution in [1.82, 2.24) is 10.7 Å². The first-order valence-electron chi connectivity index (χ1n) is 10.2. The smallest absolute Gasteiger partial charge is 0.262 e. The van der Waals surface area contributed by atoms with Gasteiger partial charge < -0.3 is 19.9 Å². The number of nitrogens with one attached hydrogen (secondary N) is 2. The Morgan fingerprint density at radius 3 is 2.66 bits per heavy atom. The molecule has 4 rings (SSSR count). The van der Waals surface area contributed by atoms with Gasteiger partial charge in [0.1, 0.15) is 11.8 Å². The fraction of sp³-hybridized carbons (Fsp3) is 0.208. The van der Waals surface area contributed by atoms with Gasteiger partial charge in [-0.05, 0) is 41.0 Å². The SMILES string of the molecule is CC(C)C(NC(=O)c1ccc2c(c1)OCO2)C(=O)N/N=C/c1c(O)ccc2ccccc12. The van der Waals surface area contributed by atoms with E-state index in [0.29, 0.717) is 22.6 Å². The number of ether oxygens (including phenoxy) is 2. The number of hydrogen-bond acceptors (Lipinski definition) is 6. The van der Waals surface area contributed by atoms with Crippen LogP contribution in [0.5, 0.6) is 17.2 Å². The Morgan fingerprint density at radius 1 is 1.06 bits per heavy atom. The molecule has 0 bridgehead atoms. The van der Waals surface area contributed by atoms with E-state index in [2.05, 4.69) is 15.8 Å². The van der Waals surface area contributed by atoms with Crippen molar-refractivity contribution < 1.29 is 24.2 Å². The van der Waals surface area contributed by atoms with E-state index in [1.807, 2.05) is 38.1 Å². The highest BCUT2D eigenvalue weighted by atomic mass is 16.7. The van der Waals surface area contributed by atoms with Crippen LogP contribution >= 0.6 is 0 Å². The van der Waals surface area contributed by atoms with Gasteiger partial charge in [-0.3, -0.25) is 9.59 Å². The predicted octanol–water partition coefficient (Wildman–Crippen LogP) is 3.18. The van der Waals surface area contributed by atoms with Crippen molar-refractivity contribution in [3.05, 3.63) is 65.7 Å². The Hall–Kier alpha value is -4.07. The summed E-state index contributed by atoms with van der Waals surface area (Å²) in [4.78, 5) is 25.4. The van der Waals surface area contributed by atoms with E-state index in [4.69, 9.17) is 9.47 Å². The van der Waals surface area contributed by atoms with Crippen LogP contribution in [0.2, 0.25) is 0 Å². The summed E-state index contributed by atoms with van der Waals surface area (Å²) < 4.78 is 10.6. The number of phenolic OH excluding ortho intramolecular Hbond substituents is 1. The summed E-state index contributed by atoms with van der Waals surface area (Å²) >= 11 is 0. The number of nitrogens with zero attached hydrogens (tertiary/aromatic N) is 1. The van der Waals surface area contributed by atoms with Crippen LogP contribution in [0.3, 0.4) is 0 Å². The van der Waals surface area contributed by atoms with Crippen LogP contribution in [0.1, 0.15) is 29.8 Å². The van der Waals surface area contributed by atoms with E-state index < -0.39 is 17.9 Å². The van der Waals surface area contributed by atoms with Crippen LogP contribution < -0.4 is 20.2 Å². The molecule has 3 N–H and O–H groups in total. The first-order chi connectivity index (χ1) is 15.4. The molecule has 3 aromatic rings. The molecule has 1 unspecified atom stereocenters. The summed E-state index contributed by atoms with van der Waals surface area (Å²) in [5, 5.41) is 18.7. The number of carbonyl (C=O) groups is 2. The molecule has 0 spiro atoms. The average Bonchev–Trinajstić information content (AvgIpc) is 3.26. The number of phenols is 1. The third kappa shape index (κ3) is 4.34. The standard InChI is InChI=1S/C24H23N3O5/c1-14(2)22(26-23(29)16-8-10-20-21(11-16)32-13-31-20)24(30)27-25-12-18-17-6-4-3-5-15(17)7-9-19(18)28/h3-12,14,22,28H,13H2,1-2H3,(H,26,29)(H,27,30)/b25-12+. The van der Waals surface area contributed by atoms with Gasteiger partial charge in [0.25, 0.3) is 11.8 Å². The molecule has 8 heteroatoms. The predicted molar refractivity (Wildman–Crippen MR) is 120 cm³/mol. The van der Waals surface area contributed by atoms with Gasteiger partial charge in [-0.1, -0.05) is 44.2 Å². The van der Waals surface area contributed by atoms with Crippen LogP contribution in [-0.2, 0) is 4.79 Å². The molecule has 0 fully saturated rings. The molecule has 0 saturated carbocycles. The maximum atomic E-state index is 12.7. The van der Waals surface area contributed by atoms with Crippen molar-refractivity contribution in [3.8, 4) is 17.2 Å². The monoisotopic (exact) mass is 433 g/mol. The highest BCUT2D eigenvalue weighted by Gasteiger charge is 2.25. The molecule has 0 aromatic heterocycles. The first-order valence-corrected chi connectivity index (χ1v) is 10.2. The number of carbonyl (C=O) groups excluding carboxylic acids is 2. The fourth-order valence-corrected chi connectivity index (χ4v) is 3.45. The number of hydrogen-bond donors (Lipinski definition) is 3. The van der Waals surface area contributed by atoms with Crippen LogP contribution in [-0.4, -0.2) is 36.0 Å². The lowest BCUT2D eigenvalue weighted by Crippen LogP contribution is -2.48. The summed E-state index contributed by atoms with van der Waals surface area (Å²) in [5.74, 6) is 0.0543. The molecule has 2 amide bonds. The molecule has 0 saturated heterocycles. The number of amides is 2. The van der Waals surface area contributed by atoms with Gasteiger partial charge in [-0.15, -0.1) is 0 Å². The molecule has 0 aliphatic carbocycles. The van der Waals surface area contributed by atoms with Gasteiger partial charge in [0, 0.05) is 11.1 Å². The Balaban J connectivity index is 1.46. The Morgan fingerprint density at radius 2 is 1.84 bits per heavy atom. The van der Waals surface area contributed by atoms with Crippen LogP contribution in [0.4, 0.5) is 0 Å².